The van der Waals surface area contributed by atoms with Gasteiger partial charge in [-0.3, -0.25) is 4.90 Å². The van der Waals surface area contributed by atoms with Gasteiger partial charge in [0.1, 0.15) is 5.52 Å². The lowest BCUT2D eigenvalue weighted by Gasteiger charge is -2.34. The van der Waals surface area contributed by atoms with E-state index in [0.29, 0.717) is 16.8 Å². The smallest absolute Gasteiger partial charge is 0.412 e. The molecule has 1 amide bonds. The highest BCUT2D eigenvalue weighted by atomic mass is 16.4. The Hall–Kier alpha value is -3.74. The van der Waals surface area contributed by atoms with Gasteiger partial charge in [0, 0.05) is 22.7 Å². The molecule has 0 aliphatic rings. The third kappa shape index (κ3) is 3.20. The van der Waals surface area contributed by atoms with Crippen LogP contribution in [0.15, 0.2) is 63.9 Å². The van der Waals surface area contributed by atoms with E-state index in [-0.39, 0.29) is 11.4 Å². The van der Waals surface area contributed by atoms with Gasteiger partial charge < -0.3 is 9.52 Å². The number of carbonyl (C=O) groups is 1. The number of anilines is 1. The number of hydrogen-bond donors (Lipinski definition) is 1. The number of hydrogen-bond acceptors (Lipinski definition) is 5. The van der Waals surface area contributed by atoms with E-state index in [1.54, 1.807) is 24.3 Å². The summed E-state index contributed by atoms with van der Waals surface area (Å²) < 4.78 is 5.44. The highest BCUT2D eigenvalue weighted by Crippen LogP contribution is 2.36. The Morgan fingerprint density at radius 2 is 1.76 bits per heavy atom. The molecule has 0 atom stereocenters. The molecule has 0 fully saturated rings. The first-order valence-corrected chi connectivity index (χ1v) is 9.08. The van der Waals surface area contributed by atoms with Crippen LogP contribution in [0.2, 0.25) is 0 Å². The Kier molecular flexibility index (Phi) is 4.30. The van der Waals surface area contributed by atoms with Crippen molar-refractivity contribution in [3.05, 3.63) is 65.1 Å². The van der Waals surface area contributed by atoms with Crippen molar-refractivity contribution in [1.82, 2.24) is 9.97 Å². The van der Waals surface area contributed by atoms with Crippen LogP contribution >= 0.6 is 0 Å². The molecule has 2 aromatic heterocycles. The molecule has 1 N–H and O–H groups in total. The van der Waals surface area contributed by atoms with Gasteiger partial charge in [-0.15, -0.1) is 0 Å². The van der Waals surface area contributed by atoms with E-state index < -0.39 is 17.3 Å². The molecule has 4 aromatic rings. The van der Waals surface area contributed by atoms with Gasteiger partial charge in [-0.05, 0) is 50.4 Å². The molecule has 0 aliphatic carbocycles. The van der Waals surface area contributed by atoms with Gasteiger partial charge in [0.2, 0.25) is 5.89 Å². The van der Waals surface area contributed by atoms with Crippen LogP contribution in [0.25, 0.3) is 33.3 Å². The molecule has 0 saturated heterocycles. The number of aromatic nitrogens is 2. The number of amides is 1. The van der Waals surface area contributed by atoms with E-state index in [2.05, 4.69) is 9.97 Å². The van der Waals surface area contributed by atoms with Crippen molar-refractivity contribution in [2.24, 2.45) is 0 Å². The van der Waals surface area contributed by atoms with Gasteiger partial charge in [0.25, 0.3) is 0 Å². The van der Waals surface area contributed by atoms with Crippen LogP contribution in [-0.2, 0) is 0 Å². The van der Waals surface area contributed by atoms with Crippen LogP contribution in [0.4, 0.5) is 10.5 Å². The zero-order chi connectivity index (χ0) is 20.8. The second-order valence-corrected chi connectivity index (χ2v) is 7.64. The normalized spacial score (nSPS) is 11.7. The minimum absolute atomic E-state index is 0.163. The molecule has 2 heterocycles. The van der Waals surface area contributed by atoms with Gasteiger partial charge in [0.15, 0.2) is 5.52 Å². The van der Waals surface area contributed by atoms with Gasteiger partial charge >= 0.3 is 11.7 Å². The fraction of sp³-hybridized carbons (Fsp3) is 0.182. The standard InChI is InChI=1S/C22H19N3O4/c1-22(2,3)25(21(27)28)17-11-10-15(13-7-4-5-8-14(13)17)19-24-16-9-6-12-23-18(16)20(26)29-19/h4-12H,1-3H3,(H,27,28). The van der Waals surface area contributed by atoms with Crippen LogP contribution in [0, 0.1) is 0 Å². The first-order valence-electron chi connectivity index (χ1n) is 9.08. The largest absolute Gasteiger partial charge is 0.465 e. The summed E-state index contributed by atoms with van der Waals surface area (Å²) in [6.07, 6.45) is 0.467. The molecule has 0 aliphatic heterocycles. The number of fused-ring (bicyclic) bond motifs is 2. The number of pyridine rings is 1. The third-order valence-corrected chi connectivity index (χ3v) is 4.63. The molecule has 0 radical (unpaired) electrons. The molecule has 146 valence electrons. The molecule has 29 heavy (non-hydrogen) atoms. The number of carboxylic acid groups (broad SMARTS) is 1. The van der Waals surface area contributed by atoms with Crippen molar-refractivity contribution in [3.8, 4) is 11.5 Å². The summed E-state index contributed by atoms with van der Waals surface area (Å²) in [7, 11) is 0. The molecular formula is C22H19N3O4. The van der Waals surface area contributed by atoms with E-state index in [0.717, 1.165) is 10.8 Å². The third-order valence-electron chi connectivity index (χ3n) is 4.63. The van der Waals surface area contributed by atoms with Crippen molar-refractivity contribution >= 4 is 33.6 Å². The first-order chi connectivity index (χ1) is 13.8. The van der Waals surface area contributed by atoms with E-state index >= 15 is 0 Å². The van der Waals surface area contributed by atoms with E-state index in [4.69, 9.17) is 4.42 Å². The van der Waals surface area contributed by atoms with Crippen LogP contribution < -0.4 is 10.5 Å². The summed E-state index contributed by atoms with van der Waals surface area (Å²) in [6.45, 7) is 5.50. The average molecular weight is 389 g/mol. The molecule has 0 bridgehead atoms. The predicted molar refractivity (Wildman–Crippen MR) is 111 cm³/mol. The molecule has 2 aromatic carbocycles. The zero-order valence-corrected chi connectivity index (χ0v) is 16.2. The summed E-state index contributed by atoms with van der Waals surface area (Å²) in [5.74, 6) is 0.163. The van der Waals surface area contributed by atoms with Gasteiger partial charge in [-0.1, -0.05) is 24.3 Å². The Labute approximate surface area is 166 Å². The van der Waals surface area contributed by atoms with Gasteiger partial charge in [0.05, 0.1) is 5.69 Å². The van der Waals surface area contributed by atoms with Crippen molar-refractivity contribution in [3.63, 3.8) is 0 Å². The topological polar surface area (TPSA) is 96.5 Å². The molecule has 0 unspecified atom stereocenters. The van der Waals surface area contributed by atoms with E-state index in [9.17, 15) is 14.7 Å². The molecule has 0 spiro atoms. The minimum Gasteiger partial charge on any atom is -0.465 e. The lowest BCUT2D eigenvalue weighted by molar-refractivity contribution is 0.196. The van der Waals surface area contributed by atoms with Crippen molar-refractivity contribution in [1.29, 1.82) is 0 Å². The van der Waals surface area contributed by atoms with Crippen LogP contribution in [0.1, 0.15) is 20.8 Å². The first kappa shape index (κ1) is 18.6. The number of benzene rings is 2. The summed E-state index contributed by atoms with van der Waals surface area (Å²) in [5, 5.41) is 11.3. The van der Waals surface area contributed by atoms with Gasteiger partial charge in [-0.25, -0.2) is 19.6 Å². The monoisotopic (exact) mass is 389 g/mol. The maximum Gasteiger partial charge on any atom is 0.412 e. The Morgan fingerprint density at radius 1 is 1.03 bits per heavy atom. The van der Waals surface area contributed by atoms with Crippen molar-refractivity contribution in [2.75, 3.05) is 4.90 Å². The second kappa shape index (κ2) is 6.70. The minimum atomic E-state index is -1.04. The quantitative estimate of drug-likeness (QED) is 0.534. The number of nitrogens with zero attached hydrogens (tertiary/aromatic N) is 3. The average Bonchev–Trinajstić information content (AvgIpc) is 2.67. The fourth-order valence-electron chi connectivity index (χ4n) is 3.44. The number of rotatable bonds is 2. The molecule has 0 saturated carbocycles. The molecule has 7 heteroatoms. The lowest BCUT2D eigenvalue weighted by Crippen LogP contribution is -2.45. The van der Waals surface area contributed by atoms with Crippen LogP contribution in [-0.4, -0.2) is 26.7 Å². The summed E-state index contributed by atoms with van der Waals surface area (Å²) >= 11 is 0. The summed E-state index contributed by atoms with van der Waals surface area (Å²) in [5.41, 5.74) is 0.548. The second-order valence-electron chi connectivity index (χ2n) is 7.64. The SMILES string of the molecule is CC(C)(C)N(C(=O)O)c1ccc(-c2nc3cccnc3c(=O)o2)c2ccccc12. The van der Waals surface area contributed by atoms with Gasteiger partial charge in [-0.2, -0.15) is 0 Å². The Bertz CT molecular complexity index is 1300. The molecular weight excluding hydrogens is 370 g/mol. The van der Waals surface area contributed by atoms with Crippen LogP contribution in [0.3, 0.4) is 0 Å². The Morgan fingerprint density at radius 3 is 2.45 bits per heavy atom. The predicted octanol–water partition coefficient (Wildman–Crippen LogP) is 4.69. The fourth-order valence-corrected chi connectivity index (χ4v) is 3.44. The highest BCUT2D eigenvalue weighted by Gasteiger charge is 2.29. The van der Waals surface area contributed by atoms with E-state index in [1.165, 1.54) is 11.1 Å². The van der Waals surface area contributed by atoms with E-state index in [1.807, 2.05) is 45.0 Å². The van der Waals surface area contributed by atoms with Crippen molar-refractivity contribution < 1.29 is 14.3 Å². The Balaban J connectivity index is 2.00. The zero-order valence-electron chi connectivity index (χ0n) is 16.2. The highest BCUT2D eigenvalue weighted by molar-refractivity contribution is 6.07. The maximum absolute atomic E-state index is 12.3. The molecule has 7 nitrogen and oxygen atoms in total. The summed E-state index contributed by atoms with van der Waals surface area (Å²) in [6, 6.07) is 14.2. The maximum atomic E-state index is 12.3. The summed E-state index contributed by atoms with van der Waals surface area (Å²) in [4.78, 5) is 34.1. The lowest BCUT2D eigenvalue weighted by atomic mass is 9.98. The van der Waals surface area contributed by atoms with Crippen molar-refractivity contribution in [2.45, 2.75) is 26.3 Å². The molecule has 4 rings (SSSR count). The van der Waals surface area contributed by atoms with Crippen LogP contribution in [0.5, 0.6) is 0 Å².